The summed E-state index contributed by atoms with van der Waals surface area (Å²) in [6, 6.07) is 9.05. The van der Waals surface area contributed by atoms with Crippen LogP contribution >= 0.6 is 0 Å². The number of anilines is 2. The Kier molecular flexibility index (Phi) is 6.51. The van der Waals surface area contributed by atoms with Crippen molar-refractivity contribution in [3.05, 3.63) is 58.1 Å². The van der Waals surface area contributed by atoms with Gasteiger partial charge in [0.1, 0.15) is 0 Å². The van der Waals surface area contributed by atoms with Gasteiger partial charge in [0.15, 0.2) is 6.61 Å². The maximum absolute atomic E-state index is 12.6. The first-order valence-electron chi connectivity index (χ1n) is 9.29. The highest BCUT2D eigenvalue weighted by molar-refractivity contribution is 7.89. The molecule has 12 heteroatoms. The van der Waals surface area contributed by atoms with Gasteiger partial charge in [-0.15, -0.1) is 0 Å². The van der Waals surface area contributed by atoms with Crippen molar-refractivity contribution >= 4 is 39.0 Å². The average molecular weight is 448 g/mol. The zero-order valence-corrected chi connectivity index (χ0v) is 17.1. The lowest BCUT2D eigenvalue weighted by Crippen LogP contribution is -2.28. The predicted molar refractivity (Wildman–Crippen MR) is 111 cm³/mol. The Balaban J connectivity index is 1.61. The second-order valence-corrected chi connectivity index (χ2v) is 8.73. The van der Waals surface area contributed by atoms with E-state index in [0.29, 0.717) is 13.1 Å². The normalized spacial score (nSPS) is 14.2. The number of nitrogen functional groups attached to an aromatic ring is 1. The van der Waals surface area contributed by atoms with Gasteiger partial charge in [0.2, 0.25) is 10.0 Å². The van der Waals surface area contributed by atoms with Crippen LogP contribution in [0.2, 0.25) is 0 Å². The number of ether oxygens (including phenoxy) is 1. The lowest BCUT2D eigenvalue weighted by molar-refractivity contribution is -0.384. The number of nitro benzene ring substituents is 1. The monoisotopic (exact) mass is 448 g/mol. The summed E-state index contributed by atoms with van der Waals surface area (Å²) in [6.07, 6.45) is 1.61. The standard InChI is InChI=1S/C19H20N4O7S/c20-17-11-14(23(26)27)6-7-16(17)19(25)30-12-18(24)21-13-4-3-5-15(10-13)31(28,29)22-8-1-2-9-22/h3-7,10-11H,1-2,8-9,12,20H2,(H,21,24). The third-order valence-corrected chi connectivity index (χ3v) is 6.52. The molecule has 31 heavy (non-hydrogen) atoms. The van der Waals surface area contributed by atoms with Crippen molar-refractivity contribution in [2.45, 2.75) is 17.7 Å². The molecule has 2 aromatic rings. The van der Waals surface area contributed by atoms with E-state index in [9.17, 15) is 28.1 Å². The number of carbonyl (C=O) groups excluding carboxylic acids is 2. The Bertz CT molecular complexity index is 1130. The minimum atomic E-state index is -3.64. The van der Waals surface area contributed by atoms with Crippen LogP contribution in [0.25, 0.3) is 0 Å². The van der Waals surface area contributed by atoms with Gasteiger partial charge in [0, 0.05) is 30.9 Å². The third kappa shape index (κ3) is 5.16. The number of hydrogen-bond acceptors (Lipinski definition) is 8. The van der Waals surface area contributed by atoms with Crippen LogP contribution < -0.4 is 11.1 Å². The van der Waals surface area contributed by atoms with Crippen molar-refractivity contribution in [2.24, 2.45) is 0 Å². The molecule has 0 atom stereocenters. The fourth-order valence-electron chi connectivity index (χ4n) is 3.07. The summed E-state index contributed by atoms with van der Waals surface area (Å²) < 4.78 is 31.6. The van der Waals surface area contributed by atoms with Crippen LogP contribution in [-0.2, 0) is 19.6 Å². The second kappa shape index (κ2) is 9.10. The molecule has 0 aromatic heterocycles. The number of esters is 1. The molecule has 3 N–H and O–H groups in total. The second-order valence-electron chi connectivity index (χ2n) is 6.79. The van der Waals surface area contributed by atoms with Crippen molar-refractivity contribution in [3.63, 3.8) is 0 Å². The van der Waals surface area contributed by atoms with Crippen molar-refractivity contribution < 1.29 is 27.7 Å². The van der Waals surface area contributed by atoms with Crippen molar-refractivity contribution in [1.82, 2.24) is 4.31 Å². The Morgan fingerprint density at radius 1 is 1.16 bits per heavy atom. The van der Waals surface area contributed by atoms with Gasteiger partial charge in [-0.3, -0.25) is 14.9 Å². The summed E-state index contributed by atoms with van der Waals surface area (Å²) in [6.45, 7) is 0.264. The first-order chi connectivity index (χ1) is 14.7. The number of hydrogen-bond donors (Lipinski definition) is 2. The van der Waals surface area contributed by atoms with Gasteiger partial charge in [-0.05, 0) is 37.1 Å². The van der Waals surface area contributed by atoms with E-state index >= 15 is 0 Å². The molecule has 0 aliphatic carbocycles. The van der Waals surface area contributed by atoms with E-state index in [2.05, 4.69) is 5.32 Å². The molecule has 164 valence electrons. The van der Waals surface area contributed by atoms with E-state index in [0.717, 1.165) is 31.0 Å². The van der Waals surface area contributed by atoms with Crippen LogP contribution in [0.4, 0.5) is 17.1 Å². The number of amides is 1. The summed E-state index contributed by atoms with van der Waals surface area (Å²) in [5.74, 6) is -1.61. The number of sulfonamides is 1. The number of nitro groups is 1. The Morgan fingerprint density at radius 2 is 1.87 bits per heavy atom. The first-order valence-corrected chi connectivity index (χ1v) is 10.7. The van der Waals surface area contributed by atoms with E-state index < -0.39 is 33.4 Å². The number of rotatable bonds is 7. The van der Waals surface area contributed by atoms with Gasteiger partial charge in [0.05, 0.1) is 21.1 Å². The molecule has 1 aliphatic rings. The molecule has 2 aromatic carbocycles. The van der Waals surface area contributed by atoms with E-state index in [1.165, 1.54) is 28.6 Å². The molecule has 0 bridgehead atoms. The quantitative estimate of drug-likeness (QED) is 0.280. The Hall–Kier alpha value is -3.51. The molecule has 1 amide bonds. The molecule has 0 unspecified atom stereocenters. The number of non-ortho nitro benzene ring substituents is 1. The molecule has 0 saturated carbocycles. The largest absolute Gasteiger partial charge is 0.452 e. The Morgan fingerprint density at radius 3 is 2.52 bits per heavy atom. The van der Waals surface area contributed by atoms with Crippen molar-refractivity contribution in [2.75, 3.05) is 30.7 Å². The molecule has 3 rings (SSSR count). The van der Waals surface area contributed by atoms with Crippen LogP contribution in [0.5, 0.6) is 0 Å². The molecular weight excluding hydrogens is 428 g/mol. The fraction of sp³-hybridized carbons (Fsp3) is 0.263. The molecular formula is C19H20N4O7S. The first kappa shape index (κ1) is 22.2. The van der Waals surface area contributed by atoms with Crippen molar-refractivity contribution in [3.8, 4) is 0 Å². The minimum Gasteiger partial charge on any atom is -0.452 e. The topological polar surface area (TPSA) is 162 Å². The summed E-state index contributed by atoms with van der Waals surface area (Å²) in [7, 11) is -3.64. The number of carbonyl (C=O) groups is 2. The maximum Gasteiger partial charge on any atom is 0.340 e. The molecule has 1 aliphatic heterocycles. The maximum atomic E-state index is 12.6. The van der Waals surface area contributed by atoms with E-state index in [1.54, 1.807) is 0 Å². The van der Waals surface area contributed by atoms with Crippen LogP contribution in [0.1, 0.15) is 23.2 Å². The minimum absolute atomic E-state index is 0.0582. The van der Waals surface area contributed by atoms with E-state index in [-0.39, 0.29) is 27.5 Å². The zero-order valence-electron chi connectivity index (χ0n) is 16.3. The van der Waals surface area contributed by atoms with Gasteiger partial charge in [-0.2, -0.15) is 4.31 Å². The fourth-order valence-corrected chi connectivity index (χ4v) is 4.63. The Labute approximate surface area is 178 Å². The lowest BCUT2D eigenvalue weighted by atomic mass is 10.1. The van der Waals surface area contributed by atoms with E-state index in [1.807, 2.05) is 0 Å². The molecule has 1 saturated heterocycles. The molecule has 1 heterocycles. The van der Waals surface area contributed by atoms with Crippen LogP contribution in [0.3, 0.4) is 0 Å². The number of nitrogens with two attached hydrogens (primary N) is 1. The SMILES string of the molecule is Nc1cc([N+](=O)[O-])ccc1C(=O)OCC(=O)Nc1cccc(S(=O)(=O)N2CCCC2)c1. The van der Waals surface area contributed by atoms with Crippen molar-refractivity contribution in [1.29, 1.82) is 0 Å². The van der Waals surface area contributed by atoms with Gasteiger partial charge >= 0.3 is 5.97 Å². The highest BCUT2D eigenvalue weighted by atomic mass is 32.2. The van der Waals surface area contributed by atoms with Gasteiger partial charge in [-0.25, -0.2) is 13.2 Å². The number of benzene rings is 2. The lowest BCUT2D eigenvalue weighted by Gasteiger charge is -2.16. The van der Waals surface area contributed by atoms with Gasteiger partial charge in [-0.1, -0.05) is 6.07 Å². The number of nitrogens with one attached hydrogen (secondary N) is 1. The van der Waals surface area contributed by atoms with Crippen LogP contribution in [0, 0.1) is 10.1 Å². The zero-order chi connectivity index (χ0) is 22.6. The van der Waals surface area contributed by atoms with Crippen LogP contribution in [0.15, 0.2) is 47.4 Å². The van der Waals surface area contributed by atoms with Gasteiger partial charge < -0.3 is 15.8 Å². The average Bonchev–Trinajstić information content (AvgIpc) is 3.28. The highest BCUT2D eigenvalue weighted by Gasteiger charge is 2.27. The van der Waals surface area contributed by atoms with E-state index in [4.69, 9.17) is 10.5 Å². The summed E-state index contributed by atoms with van der Waals surface area (Å²) in [5.41, 5.74) is 5.32. The van der Waals surface area contributed by atoms with Crippen LogP contribution in [-0.4, -0.2) is 49.2 Å². The molecule has 1 fully saturated rings. The molecule has 0 radical (unpaired) electrons. The van der Waals surface area contributed by atoms with Gasteiger partial charge in [0.25, 0.3) is 11.6 Å². The molecule has 0 spiro atoms. The molecule has 11 nitrogen and oxygen atoms in total. The summed E-state index contributed by atoms with van der Waals surface area (Å²) >= 11 is 0. The number of nitrogens with zero attached hydrogens (tertiary/aromatic N) is 2. The summed E-state index contributed by atoms with van der Waals surface area (Å²) in [5, 5.41) is 13.2. The smallest absolute Gasteiger partial charge is 0.340 e. The predicted octanol–water partition coefficient (Wildman–Crippen LogP) is 1.76. The third-order valence-electron chi connectivity index (χ3n) is 4.62. The summed E-state index contributed by atoms with van der Waals surface area (Å²) in [4.78, 5) is 34.4. The highest BCUT2D eigenvalue weighted by Crippen LogP contribution is 2.23.